The molecule has 2 heterocycles. The van der Waals surface area contributed by atoms with Gasteiger partial charge in [0.15, 0.2) is 5.82 Å². The first-order chi connectivity index (χ1) is 16.0. The van der Waals surface area contributed by atoms with E-state index in [0.29, 0.717) is 41.5 Å². The third-order valence-corrected chi connectivity index (χ3v) is 5.78. The summed E-state index contributed by atoms with van der Waals surface area (Å²) in [6.45, 7) is 2.64. The number of benzene rings is 2. The zero-order valence-electron chi connectivity index (χ0n) is 18.5. The van der Waals surface area contributed by atoms with Crippen LogP contribution in [0.4, 0.5) is 4.39 Å². The van der Waals surface area contributed by atoms with Gasteiger partial charge in [-0.3, -0.25) is 9.59 Å². The Morgan fingerprint density at radius 1 is 1.18 bits per heavy atom. The second-order valence-electron chi connectivity index (χ2n) is 7.89. The van der Waals surface area contributed by atoms with E-state index in [9.17, 15) is 14.0 Å². The highest BCUT2D eigenvalue weighted by atomic mass is 19.1. The van der Waals surface area contributed by atoms with Crippen molar-refractivity contribution in [3.8, 4) is 5.75 Å². The number of nitrogens with zero attached hydrogens (tertiary/aromatic N) is 3. The van der Waals surface area contributed by atoms with Gasteiger partial charge in [-0.1, -0.05) is 18.2 Å². The van der Waals surface area contributed by atoms with Gasteiger partial charge >= 0.3 is 0 Å². The van der Waals surface area contributed by atoms with E-state index < -0.39 is 0 Å². The van der Waals surface area contributed by atoms with E-state index >= 15 is 0 Å². The van der Waals surface area contributed by atoms with Crippen LogP contribution in [0.1, 0.15) is 56.7 Å². The molecule has 0 saturated carbocycles. The van der Waals surface area contributed by atoms with Gasteiger partial charge in [0, 0.05) is 30.4 Å². The molecular formula is C25H25FN4O3. The van der Waals surface area contributed by atoms with Crippen LogP contribution >= 0.6 is 0 Å². The van der Waals surface area contributed by atoms with E-state index in [0.717, 1.165) is 18.4 Å². The summed E-state index contributed by atoms with van der Waals surface area (Å²) in [5, 5.41) is 2.88. The minimum atomic E-state index is -0.386. The molecule has 1 aliphatic rings. The number of carbonyl (C=O) groups is 2. The standard InChI is InChI=1S/C25H25FN4O3/c1-16-20(24(31)28-14-18-6-3-4-8-22(18)33-2)15-27-23(29-16)21-7-5-13-30(21)25(32)17-9-11-19(26)12-10-17/h3-4,6,8-12,15,21H,5,7,13-14H2,1-2H3,(H,28,31). The summed E-state index contributed by atoms with van der Waals surface area (Å²) in [6.07, 6.45) is 3.06. The number of halogens is 1. The lowest BCUT2D eigenvalue weighted by Gasteiger charge is -2.24. The highest BCUT2D eigenvalue weighted by molar-refractivity contribution is 5.95. The van der Waals surface area contributed by atoms with Gasteiger partial charge < -0.3 is 15.0 Å². The molecule has 2 amide bonds. The van der Waals surface area contributed by atoms with Crippen molar-refractivity contribution in [1.29, 1.82) is 0 Å². The van der Waals surface area contributed by atoms with Crippen molar-refractivity contribution in [2.45, 2.75) is 32.4 Å². The molecule has 4 rings (SSSR count). The summed E-state index contributed by atoms with van der Waals surface area (Å²) in [6, 6.07) is 12.7. The third-order valence-electron chi connectivity index (χ3n) is 5.78. The van der Waals surface area contributed by atoms with E-state index in [2.05, 4.69) is 15.3 Å². The van der Waals surface area contributed by atoms with E-state index in [1.165, 1.54) is 30.5 Å². The van der Waals surface area contributed by atoms with Gasteiger partial charge in [0.1, 0.15) is 11.6 Å². The number of rotatable bonds is 6. The third kappa shape index (κ3) is 4.84. The molecule has 8 heteroatoms. The Hall–Kier alpha value is -3.81. The molecule has 1 aliphatic heterocycles. The Morgan fingerprint density at radius 3 is 2.67 bits per heavy atom. The number of ether oxygens (including phenoxy) is 1. The van der Waals surface area contributed by atoms with E-state index in [1.54, 1.807) is 18.9 Å². The molecule has 1 unspecified atom stereocenters. The lowest BCUT2D eigenvalue weighted by atomic mass is 10.1. The van der Waals surface area contributed by atoms with Crippen LogP contribution in [0.15, 0.2) is 54.7 Å². The maximum Gasteiger partial charge on any atom is 0.254 e. The number of para-hydroxylation sites is 1. The second-order valence-corrected chi connectivity index (χ2v) is 7.89. The number of hydrogen-bond acceptors (Lipinski definition) is 5. The van der Waals surface area contributed by atoms with Crippen molar-refractivity contribution in [3.63, 3.8) is 0 Å². The van der Waals surface area contributed by atoms with Crippen molar-refractivity contribution >= 4 is 11.8 Å². The number of methoxy groups -OCH3 is 1. The number of aryl methyl sites for hydroxylation is 1. The number of carbonyl (C=O) groups excluding carboxylic acids is 2. The monoisotopic (exact) mass is 448 g/mol. The van der Waals surface area contributed by atoms with Gasteiger partial charge in [-0.2, -0.15) is 0 Å². The van der Waals surface area contributed by atoms with Gasteiger partial charge in [-0.15, -0.1) is 0 Å². The number of hydrogen-bond donors (Lipinski definition) is 1. The van der Waals surface area contributed by atoms with Gasteiger partial charge in [0.05, 0.1) is 24.4 Å². The quantitative estimate of drug-likeness (QED) is 0.619. The van der Waals surface area contributed by atoms with Crippen LogP contribution in [-0.4, -0.2) is 40.3 Å². The number of nitrogens with one attached hydrogen (secondary N) is 1. The molecule has 1 aromatic heterocycles. The Labute approximate surface area is 191 Å². The minimum absolute atomic E-state index is 0.183. The first-order valence-electron chi connectivity index (χ1n) is 10.8. The maximum absolute atomic E-state index is 13.2. The fourth-order valence-electron chi connectivity index (χ4n) is 4.02. The minimum Gasteiger partial charge on any atom is -0.496 e. The van der Waals surface area contributed by atoms with Crippen LogP contribution in [0.5, 0.6) is 5.75 Å². The summed E-state index contributed by atoms with van der Waals surface area (Å²) in [4.78, 5) is 36.4. The molecule has 0 spiro atoms. The highest BCUT2D eigenvalue weighted by Crippen LogP contribution is 2.31. The lowest BCUT2D eigenvalue weighted by Crippen LogP contribution is -2.32. The van der Waals surface area contributed by atoms with Gasteiger partial charge in [0.25, 0.3) is 11.8 Å². The molecule has 3 aromatic rings. The van der Waals surface area contributed by atoms with Crippen LogP contribution in [0.25, 0.3) is 0 Å². The number of aromatic nitrogens is 2. The lowest BCUT2D eigenvalue weighted by molar-refractivity contribution is 0.0729. The van der Waals surface area contributed by atoms with Gasteiger partial charge in [-0.25, -0.2) is 14.4 Å². The first kappa shape index (κ1) is 22.4. The normalized spacial score (nSPS) is 15.4. The van der Waals surface area contributed by atoms with E-state index in [-0.39, 0.29) is 23.7 Å². The molecule has 1 N–H and O–H groups in total. The second kappa shape index (κ2) is 9.77. The zero-order chi connectivity index (χ0) is 23.4. The van der Waals surface area contributed by atoms with E-state index in [4.69, 9.17) is 4.74 Å². The SMILES string of the molecule is COc1ccccc1CNC(=O)c1cnc(C2CCCN2C(=O)c2ccc(F)cc2)nc1C. The molecule has 7 nitrogen and oxygen atoms in total. The molecule has 170 valence electrons. The summed E-state index contributed by atoms with van der Waals surface area (Å²) >= 11 is 0. The van der Waals surface area contributed by atoms with Crippen molar-refractivity contribution in [2.75, 3.05) is 13.7 Å². The maximum atomic E-state index is 13.2. The summed E-state index contributed by atoms with van der Waals surface area (Å²) in [7, 11) is 1.59. The largest absolute Gasteiger partial charge is 0.496 e. The topological polar surface area (TPSA) is 84.4 Å². The number of amides is 2. The van der Waals surface area contributed by atoms with Crippen LogP contribution in [0.3, 0.4) is 0 Å². The summed E-state index contributed by atoms with van der Waals surface area (Å²) in [5.74, 6) is 0.353. The van der Waals surface area contributed by atoms with Crippen LogP contribution in [0, 0.1) is 12.7 Å². The smallest absolute Gasteiger partial charge is 0.254 e. The summed E-state index contributed by atoms with van der Waals surface area (Å²) in [5.41, 5.74) is 2.21. The number of likely N-dealkylation sites (tertiary alicyclic amines) is 1. The fourth-order valence-corrected chi connectivity index (χ4v) is 4.02. The Bertz CT molecular complexity index is 1170. The Morgan fingerprint density at radius 2 is 1.94 bits per heavy atom. The van der Waals surface area contributed by atoms with Crippen molar-refractivity contribution in [3.05, 3.63) is 88.8 Å². The van der Waals surface area contributed by atoms with Crippen LogP contribution in [0.2, 0.25) is 0 Å². The average molecular weight is 448 g/mol. The molecule has 1 saturated heterocycles. The Balaban J connectivity index is 1.47. The fraction of sp³-hybridized carbons (Fsp3) is 0.280. The molecular weight excluding hydrogens is 423 g/mol. The molecule has 0 radical (unpaired) electrons. The predicted octanol–water partition coefficient (Wildman–Crippen LogP) is 3.84. The van der Waals surface area contributed by atoms with Gasteiger partial charge in [-0.05, 0) is 50.1 Å². The van der Waals surface area contributed by atoms with Crippen molar-refractivity contribution in [1.82, 2.24) is 20.2 Å². The molecule has 0 bridgehead atoms. The molecule has 2 aromatic carbocycles. The van der Waals surface area contributed by atoms with Crippen molar-refractivity contribution < 1.29 is 18.7 Å². The predicted molar refractivity (Wildman–Crippen MR) is 120 cm³/mol. The van der Waals surface area contributed by atoms with E-state index in [1.807, 2.05) is 24.3 Å². The average Bonchev–Trinajstić information content (AvgIpc) is 3.32. The van der Waals surface area contributed by atoms with Crippen molar-refractivity contribution in [2.24, 2.45) is 0 Å². The molecule has 1 atom stereocenters. The first-order valence-corrected chi connectivity index (χ1v) is 10.8. The summed E-state index contributed by atoms with van der Waals surface area (Å²) < 4.78 is 18.5. The highest BCUT2D eigenvalue weighted by Gasteiger charge is 2.33. The molecule has 0 aliphatic carbocycles. The van der Waals surface area contributed by atoms with Crippen LogP contribution in [-0.2, 0) is 6.54 Å². The van der Waals surface area contributed by atoms with Crippen LogP contribution < -0.4 is 10.1 Å². The Kier molecular flexibility index (Phi) is 6.63. The molecule has 33 heavy (non-hydrogen) atoms. The van der Waals surface area contributed by atoms with Gasteiger partial charge in [0.2, 0.25) is 0 Å². The zero-order valence-corrected chi connectivity index (χ0v) is 18.5. The molecule has 1 fully saturated rings.